The summed E-state index contributed by atoms with van der Waals surface area (Å²) in [6, 6.07) is 16.4. The van der Waals surface area contributed by atoms with Gasteiger partial charge in [-0.1, -0.05) is 79.5 Å². The molecule has 135 heavy (non-hydrogen) atoms. The Bertz CT molecular complexity index is 5020. The molecular formula is C83H110BBrCl3LiN10O30S6. The number of anilines is 4. The zero-order valence-electron chi connectivity index (χ0n) is 76.1. The van der Waals surface area contributed by atoms with Crippen LogP contribution in [0.1, 0.15) is 127 Å². The molecule has 0 saturated carbocycles. The van der Waals surface area contributed by atoms with E-state index in [1.807, 2.05) is 55.1 Å². The third kappa shape index (κ3) is 40.9. The Morgan fingerprint density at radius 1 is 0.489 bits per heavy atom. The molecule has 15 rings (SSSR count). The number of carbonyl (C=O) groups is 8. The number of carboxylic acids is 1. The monoisotopic (exact) mass is 2120 g/mol. The van der Waals surface area contributed by atoms with Crippen LogP contribution in [-0.2, 0) is 93.0 Å². The average molecular weight is 2120 g/mol. The molecule has 3 aromatic carbocycles. The Morgan fingerprint density at radius 2 is 0.807 bits per heavy atom. The Labute approximate surface area is 838 Å². The summed E-state index contributed by atoms with van der Waals surface area (Å²) in [4.78, 5) is 120. The van der Waals surface area contributed by atoms with Crippen LogP contribution in [0, 0.1) is 6.92 Å². The number of hydrogen-bond donors (Lipinski definition) is 4. The van der Waals surface area contributed by atoms with Crippen molar-refractivity contribution in [2.24, 2.45) is 5.73 Å². The van der Waals surface area contributed by atoms with E-state index in [1.165, 1.54) is 59.2 Å². The summed E-state index contributed by atoms with van der Waals surface area (Å²) in [6.07, 6.45) is 0.874. The maximum Gasteiger partial charge on any atom is 1.00 e. The number of alkyl halides is 2. The first kappa shape index (κ1) is 117. The minimum absolute atomic E-state index is 0. The van der Waals surface area contributed by atoms with Gasteiger partial charge in [-0.3, -0.25) is 14.4 Å². The molecule has 0 aliphatic carbocycles. The van der Waals surface area contributed by atoms with Crippen molar-refractivity contribution in [3.8, 4) is 34.5 Å². The Kier molecular flexibility index (Phi) is 54.3. The van der Waals surface area contributed by atoms with Crippen LogP contribution in [0.2, 0.25) is 0 Å². The van der Waals surface area contributed by atoms with Gasteiger partial charge in [0.2, 0.25) is 0 Å². The van der Waals surface area contributed by atoms with Gasteiger partial charge < -0.3 is 127 Å². The standard InChI is InChI=1S/C19H22N2O5S.C17H18N2O5S.C11H15BrN2O3S.C11H16N2O3S.C8H9BO4.C6H9ClO3.C6H10O3.C5H10N2OS.Cl2O2S.Li.H2O/c1-2-24-18(22)17-14(20-19(27-17)21-5-7-23-8-6-21)11-13-3-4-15-16(12-13)26-10-9-25-15;20-16(21)15-12(18-17(25-15)19-3-5-22-6-4-19)9-11-1-2-13-14(10-11)24-8-7-23-13;1-2-17-10(15)9-8(7-12)13-11(18-9)14-3-5-16-6-4-14;1-3-16-10(14)9-8(2)12-11(17-9)13-4-6-15-7-5-13;10-9(11)6-1-2-7-8(5-6)13-4-3-12-7;1-3-10-6(9)5(7)4(2)8;1-3-9-6(8)4-5(2)7;6-5(9)7-1-3-8-4-2-7;1-5(2,3)4;;/h3-4,12H,2,5-11H2,1H3;1-2,10H,3-9H2,(H,20,21);2-7H2,1H3;3-7H2,1-2H3;1-2,5,10-11H,3-4H2;5H,3H2,1-2H3;3-4H2,1-2H3;1-4H2,(H2,6,9);;;1H2/q;;;;;;;;;+1;/p-1. The second-order valence-electron chi connectivity index (χ2n) is 28.0. The number of thiocarbonyl (C=S) groups is 1. The van der Waals surface area contributed by atoms with E-state index >= 15 is 0 Å². The van der Waals surface area contributed by atoms with Crippen molar-refractivity contribution in [2.45, 2.75) is 85.4 Å². The van der Waals surface area contributed by atoms with Gasteiger partial charge in [-0.2, -0.15) is 8.42 Å². The minimum Gasteiger partial charge on any atom is -0.870 e. The fraction of sp³-hybridized carbons (Fsp3) is 0.530. The number of Topliss-reactive ketones (excluding diaryl/α,β-unsaturated/α-hetero) is 2. The number of benzene rings is 3. The van der Waals surface area contributed by atoms with E-state index in [9.17, 15) is 43.5 Å². The zero-order chi connectivity index (χ0) is 96.9. The van der Waals surface area contributed by atoms with E-state index in [0.29, 0.717) is 185 Å². The van der Waals surface area contributed by atoms with Crippen molar-refractivity contribution < 1.29 is 162 Å². The fourth-order valence-electron chi connectivity index (χ4n) is 12.1. The number of nitrogens with two attached hydrogens (primary N) is 1. The fourth-order valence-corrected chi connectivity index (χ4v) is 17.0. The molecule has 0 bridgehead atoms. The van der Waals surface area contributed by atoms with Crippen LogP contribution in [0.4, 0.5) is 20.5 Å². The van der Waals surface area contributed by atoms with E-state index < -0.39 is 38.7 Å². The molecule has 0 radical (unpaired) electrons. The van der Waals surface area contributed by atoms with Gasteiger partial charge in [0.15, 0.2) is 71.3 Å². The summed E-state index contributed by atoms with van der Waals surface area (Å²) in [5.41, 5.74) is 10.6. The van der Waals surface area contributed by atoms with Gasteiger partial charge >= 0.3 is 70.1 Å². The number of halogens is 4. The first-order valence-electron chi connectivity index (χ1n) is 42.1. The van der Waals surface area contributed by atoms with Crippen LogP contribution in [-0.4, -0.2) is 323 Å². The molecule has 6 N–H and O–H groups in total. The molecule has 8 aliphatic heterocycles. The molecule has 7 aromatic rings. The second-order valence-corrected chi connectivity index (χ2v) is 37.0. The SMILES string of the molecule is CCOC(=O)C(Cl)C(C)=O.CCOC(=O)CC(C)=O.CCOC(=O)c1sc(N2CCOCC2)nc1C.CCOC(=O)c1sc(N2CCOCC2)nc1CBr.CCOC(=O)c1sc(N2CCOCC2)nc1Cc1ccc2c(c1)OCCO2.NC(=S)N1CCOCC1.O=C(O)c1sc(N2CCOCC2)nc1Cc1ccc2c(c1)OCCO2.O=S(=O)(Cl)Cl.OB(O)c1ccc2c(c1)OCCO2.[Li+].[OH-]. The van der Waals surface area contributed by atoms with Crippen LogP contribution in [0.5, 0.6) is 34.5 Å². The largest absolute Gasteiger partial charge is 1.00 e. The van der Waals surface area contributed by atoms with Gasteiger partial charge in [-0.05, 0) is 121 Å². The molecule has 1 unspecified atom stereocenters. The number of thiazole rings is 4. The third-order valence-electron chi connectivity index (χ3n) is 18.4. The topological polar surface area (TPSA) is 503 Å². The Morgan fingerprint density at radius 3 is 1.15 bits per heavy atom. The van der Waals surface area contributed by atoms with Gasteiger partial charge in [-0.15, -0.1) is 11.6 Å². The molecule has 740 valence electrons. The summed E-state index contributed by atoms with van der Waals surface area (Å²) in [5, 5.41) is 30.5. The van der Waals surface area contributed by atoms with Crippen molar-refractivity contribution in [1.29, 1.82) is 0 Å². The molecule has 0 amide bonds. The van der Waals surface area contributed by atoms with Crippen molar-refractivity contribution >= 4 is 200 Å². The van der Waals surface area contributed by atoms with Crippen molar-refractivity contribution in [2.75, 3.05) is 224 Å². The number of carboxylic acid groups (broad SMARTS) is 1. The minimum atomic E-state index is -3.72. The molecule has 4 aromatic heterocycles. The molecule has 0 spiro atoms. The summed E-state index contributed by atoms with van der Waals surface area (Å²) in [5.74, 6) is 0.647. The van der Waals surface area contributed by atoms with E-state index in [0.717, 1.165) is 145 Å². The molecule has 8 aliphatic rings. The first-order valence-corrected chi connectivity index (χ1v) is 50.5. The van der Waals surface area contributed by atoms with E-state index in [-0.39, 0.29) is 71.7 Å². The van der Waals surface area contributed by atoms with Gasteiger partial charge in [-0.25, -0.2) is 43.9 Å². The van der Waals surface area contributed by atoms with Crippen LogP contribution in [0.25, 0.3) is 0 Å². The maximum atomic E-state index is 12.4. The molecule has 52 heteroatoms. The summed E-state index contributed by atoms with van der Waals surface area (Å²) < 4.78 is 102. The number of hydrogen-bond acceptors (Lipinski definition) is 42. The van der Waals surface area contributed by atoms with Gasteiger partial charge in [0.05, 0.1) is 122 Å². The maximum absolute atomic E-state index is 12.4. The predicted molar refractivity (Wildman–Crippen MR) is 511 cm³/mol. The van der Waals surface area contributed by atoms with E-state index in [2.05, 4.69) is 81.3 Å². The van der Waals surface area contributed by atoms with Gasteiger partial charge in [0, 0.05) is 105 Å². The summed E-state index contributed by atoms with van der Waals surface area (Å²) in [6.45, 7) is 33.1. The number of ketones is 2. The molecule has 40 nitrogen and oxygen atoms in total. The Hall–Kier alpha value is -8.33. The molecular weight excluding hydrogens is 2010 g/mol. The summed E-state index contributed by atoms with van der Waals surface area (Å²) in [7, 11) is 3.35. The second kappa shape index (κ2) is 62.6. The number of fused-ring (bicyclic) bond motifs is 3. The number of carbonyl (C=O) groups excluding carboxylic acids is 7. The van der Waals surface area contributed by atoms with E-state index in [4.69, 9.17) is 119 Å². The summed E-state index contributed by atoms with van der Waals surface area (Å²) >= 11 is 18.9. The quantitative estimate of drug-likeness (QED) is 0.0115. The van der Waals surface area contributed by atoms with Crippen LogP contribution in [0.3, 0.4) is 0 Å². The van der Waals surface area contributed by atoms with E-state index in [1.54, 1.807) is 45.9 Å². The number of ether oxygens (including phenoxy) is 16. The zero-order valence-corrected chi connectivity index (χ0v) is 84.8. The normalized spacial score (nSPS) is 15.1. The smallest absolute Gasteiger partial charge is 0.870 e. The third-order valence-corrected chi connectivity index (χ3v) is 24.3. The average Bonchev–Trinajstić information content (AvgIpc) is 1.57. The number of aromatic nitrogens is 4. The van der Waals surface area contributed by atoms with Crippen LogP contribution < -0.4 is 78.1 Å². The predicted octanol–water partition coefficient (Wildman–Crippen LogP) is 5.58. The number of morpholine rings is 5. The number of rotatable bonds is 23. The van der Waals surface area contributed by atoms with Crippen molar-refractivity contribution in [1.82, 2.24) is 24.8 Å². The van der Waals surface area contributed by atoms with Gasteiger partial charge in [0.25, 0.3) is 0 Å². The number of esters is 5. The Balaban J connectivity index is 0.000000278. The molecule has 5 fully saturated rings. The molecule has 12 heterocycles. The van der Waals surface area contributed by atoms with Crippen molar-refractivity contribution in [3.63, 3.8) is 0 Å². The van der Waals surface area contributed by atoms with Crippen LogP contribution in [0.15, 0.2) is 54.6 Å². The molecule has 1 atom stereocenters. The van der Waals surface area contributed by atoms with Crippen molar-refractivity contribution in [3.05, 3.63) is 108 Å². The van der Waals surface area contributed by atoms with Gasteiger partial charge in [0.1, 0.15) is 71.4 Å². The number of nitrogens with zero attached hydrogens (tertiary/aromatic N) is 9. The van der Waals surface area contributed by atoms with Crippen LogP contribution >= 0.6 is 106 Å². The molecule has 5 saturated heterocycles. The number of aryl methyl sites for hydroxylation is 1. The first-order chi connectivity index (χ1) is 63.8. The number of aromatic carboxylic acids is 1.